The Kier molecular flexibility index (Phi) is 3.35. The molecule has 3 heterocycles. The van der Waals surface area contributed by atoms with Crippen molar-refractivity contribution in [2.24, 2.45) is 5.92 Å². The number of fused-ring (bicyclic) bond motifs is 2. The minimum absolute atomic E-state index is 0.0287. The van der Waals surface area contributed by atoms with E-state index in [9.17, 15) is 13.2 Å². The van der Waals surface area contributed by atoms with E-state index in [-0.39, 0.29) is 29.4 Å². The Morgan fingerprint density at radius 3 is 3.00 bits per heavy atom. The first kappa shape index (κ1) is 14.9. The van der Waals surface area contributed by atoms with Crippen LogP contribution in [-0.2, 0) is 14.6 Å². The number of carbonyl (C=O) groups excluding carboxylic acids is 1. The molecular weight excluding hydrogens is 336 g/mol. The standard InChI is InChI=1S/C15H16N2O4S2/c1-2-21-10-3-4-11-13(6-10)22-15(16-11)17-12-8-23(19,20)7-9(12)5-14(17)18/h3-4,6,9,12H,2,5,7-8H2,1H3/t9-,12+/m0/s1. The molecule has 1 aromatic heterocycles. The first-order chi connectivity index (χ1) is 11.0. The number of hydrogen-bond donors (Lipinski definition) is 0. The van der Waals surface area contributed by atoms with Gasteiger partial charge in [-0.05, 0) is 25.1 Å². The van der Waals surface area contributed by atoms with Gasteiger partial charge in [0.05, 0.1) is 34.4 Å². The van der Waals surface area contributed by atoms with E-state index in [0.29, 0.717) is 18.2 Å². The number of amides is 1. The van der Waals surface area contributed by atoms with Crippen molar-refractivity contribution >= 4 is 42.4 Å². The van der Waals surface area contributed by atoms with Crippen molar-refractivity contribution in [1.29, 1.82) is 0 Å². The first-order valence-corrected chi connectivity index (χ1v) is 10.2. The Bertz CT molecular complexity index is 890. The second-order valence-corrected chi connectivity index (χ2v) is 9.09. The van der Waals surface area contributed by atoms with Crippen molar-refractivity contribution in [3.63, 3.8) is 0 Å². The van der Waals surface area contributed by atoms with Gasteiger partial charge in [0, 0.05) is 12.3 Å². The lowest BCUT2D eigenvalue weighted by molar-refractivity contribution is -0.117. The van der Waals surface area contributed by atoms with Crippen LogP contribution >= 0.6 is 11.3 Å². The van der Waals surface area contributed by atoms with Gasteiger partial charge < -0.3 is 4.74 Å². The molecule has 2 aliphatic heterocycles. The summed E-state index contributed by atoms with van der Waals surface area (Å²) in [5, 5.41) is 0.586. The fourth-order valence-corrected chi connectivity index (χ4v) is 6.53. The molecule has 4 rings (SSSR count). The fraction of sp³-hybridized carbons (Fsp3) is 0.467. The third-order valence-electron chi connectivity index (χ3n) is 4.34. The van der Waals surface area contributed by atoms with Crippen LogP contribution in [0.4, 0.5) is 5.13 Å². The van der Waals surface area contributed by atoms with Crippen LogP contribution in [0.25, 0.3) is 10.2 Å². The Morgan fingerprint density at radius 1 is 1.39 bits per heavy atom. The Balaban J connectivity index is 1.72. The Labute approximate surface area is 138 Å². The molecule has 2 aliphatic rings. The molecule has 0 bridgehead atoms. The van der Waals surface area contributed by atoms with Crippen LogP contribution in [0, 0.1) is 5.92 Å². The van der Waals surface area contributed by atoms with Gasteiger partial charge in [-0.3, -0.25) is 9.69 Å². The summed E-state index contributed by atoms with van der Waals surface area (Å²) >= 11 is 1.41. The average Bonchev–Trinajstić information content (AvgIpc) is 3.07. The normalized spacial score (nSPS) is 26.0. The second-order valence-electron chi connectivity index (χ2n) is 5.93. The van der Waals surface area contributed by atoms with Crippen molar-refractivity contribution in [2.75, 3.05) is 23.0 Å². The maximum Gasteiger partial charge on any atom is 0.229 e. The van der Waals surface area contributed by atoms with Gasteiger partial charge >= 0.3 is 0 Å². The highest BCUT2D eigenvalue weighted by Gasteiger charge is 2.50. The van der Waals surface area contributed by atoms with E-state index in [0.717, 1.165) is 16.0 Å². The van der Waals surface area contributed by atoms with E-state index in [4.69, 9.17) is 4.74 Å². The molecule has 0 spiro atoms. The highest BCUT2D eigenvalue weighted by Crippen LogP contribution is 2.40. The smallest absolute Gasteiger partial charge is 0.229 e. The van der Waals surface area contributed by atoms with E-state index < -0.39 is 9.84 Å². The highest BCUT2D eigenvalue weighted by molar-refractivity contribution is 7.91. The lowest BCUT2D eigenvalue weighted by Crippen LogP contribution is -2.36. The van der Waals surface area contributed by atoms with E-state index in [1.165, 1.54) is 11.3 Å². The van der Waals surface area contributed by atoms with Crippen LogP contribution in [0.5, 0.6) is 5.75 Å². The number of rotatable bonds is 3. The molecule has 122 valence electrons. The fourth-order valence-electron chi connectivity index (χ4n) is 3.39. The topological polar surface area (TPSA) is 76.6 Å². The maximum atomic E-state index is 12.3. The summed E-state index contributed by atoms with van der Waals surface area (Å²) in [4.78, 5) is 18.4. The molecule has 23 heavy (non-hydrogen) atoms. The molecule has 2 fully saturated rings. The zero-order chi connectivity index (χ0) is 16.2. The lowest BCUT2D eigenvalue weighted by Gasteiger charge is -2.19. The van der Waals surface area contributed by atoms with Crippen molar-refractivity contribution in [1.82, 2.24) is 4.98 Å². The van der Waals surface area contributed by atoms with E-state index in [1.807, 2.05) is 25.1 Å². The average molecular weight is 352 g/mol. The Morgan fingerprint density at radius 2 is 2.22 bits per heavy atom. The van der Waals surface area contributed by atoms with Crippen LogP contribution in [0.1, 0.15) is 13.3 Å². The van der Waals surface area contributed by atoms with Gasteiger partial charge in [0.15, 0.2) is 15.0 Å². The monoisotopic (exact) mass is 352 g/mol. The quantitative estimate of drug-likeness (QED) is 0.842. The summed E-state index contributed by atoms with van der Waals surface area (Å²) in [6.45, 7) is 2.51. The third-order valence-corrected chi connectivity index (χ3v) is 7.14. The second kappa shape index (κ2) is 5.17. The summed E-state index contributed by atoms with van der Waals surface area (Å²) < 4.78 is 30.1. The molecule has 0 aliphatic carbocycles. The van der Waals surface area contributed by atoms with Gasteiger partial charge in [-0.1, -0.05) is 11.3 Å². The van der Waals surface area contributed by atoms with Crippen molar-refractivity contribution in [2.45, 2.75) is 19.4 Å². The highest BCUT2D eigenvalue weighted by atomic mass is 32.2. The number of nitrogens with zero attached hydrogens (tertiary/aromatic N) is 2. The molecule has 0 radical (unpaired) electrons. The van der Waals surface area contributed by atoms with Gasteiger partial charge in [-0.15, -0.1) is 0 Å². The van der Waals surface area contributed by atoms with Gasteiger partial charge in [0.1, 0.15) is 5.75 Å². The number of ether oxygens (including phenoxy) is 1. The summed E-state index contributed by atoms with van der Waals surface area (Å²) in [5.41, 5.74) is 0.797. The van der Waals surface area contributed by atoms with Gasteiger partial charge in [-0.2, -0.15) is 0 Å². The minimum atomic E-state index is -3.05. The van der Waals surface area contributed by atoms with Crippen LogP contribution in [-0.4, -0.2) is 43.5 Å². The molecule has 1 amide bonds. The molecule has 2 atom stereocenters. The number of benzene rings is 1. The van der Waals surface area contributed by atoms with Gasteiger partial charge in [-0.25, -0.2) is 13.4 Å². The molecule has 2 aromatic rings. The lowest BCUT2D eigenvalue weighted by atomic mass is 10.1. The van der Waals surface area contributed by atoms with Crippen LogP contribution in [0.2, 0.25) is 0 Å². The van der Waals surface area contributed by atoms with E-state index in [2.05, 4.69) is 4.98 Å². The largest absolute Gasteiger partial charge is 0.494 e. The molecule has 1 aromatic carbocycles. The van der Waals surface area contributed by atoms with Crippen molar-refractivity contribution in [3.8, 4) is 5.75 Å². The number of thiazole rings is 1. The number of anilines is 1. The predicted octanol–water partition coefficient (Wildman–Crippen LogP) is 1.84. The van der Waals surface area contributed by atoms with Gasteiger partial charge in [0.25, 0.3) is 0 Å². The summed E-state index contributed by atoms with van der Waals surface area (Å²) in [6.07, 6.45) is 0.296. The van der Waals surface area contributed by atoms with Crippen LogP contribution in [0.3, 0.4) is 0 Å². The number of aromatic nitrogens is 1. The zero-order valence-electron chi connectivity index (χ0n) is 12.6. The minimum Gasteiger partial charge on any atom is -0.494 e. The predicted molar refractivity (Wildman–Crippen MR) is 88.8 cm³/mol. The first-order valence-electron chi connectivity index (χ1n) is 7.53. The molecule has 2 saturated heterocycles. The van der Waals surface area contributed by atoms with E-state index >= 15 is 0 Å². The molecule has 6 nitrogen and oxygen atoms in total. The number of sulfone groups is 1. The van der Waals surface area contributed by atoms with Gasteiger partial charge in [0.2, 0.25) is 5.91 Å². The summed E-state index contributed by atoms with van der Waals surface area (Å²) in [7, 11) is -3.05. The van der Waals surface area contributed by atoms with Crippen molar-refractivity contribution < 1.29 is 17.9 Å². The Hall–Kier alpha value is -1.67. The summed E-state index contributed by atoms with van der Waals surface area (Å²) in [5.74, 6) is 0.796. The van der Waals surface area contributed by atoms with Crippen LogP contribution < -0.4 is 9.64 Å². The number of carbonyl (C=O) groups is 1. The molecule has 8 heteroatoms. The van der Waals surface area contributed by atoms with E-state index in [1.54, 1.807) is 4.90 Å². The third kappa shape index (κ3) is 2.49. The molecular formula is C15H16N2O4S2. The molecule has 0 unspecified atom stereocenters. The SMILES string of the molecule is CCOc1ccc2nc(N3C(=O)C[C@H]4CS(=O)(=O)C[C@H]43)sc2c1. The zero-order valence-corrected chi connectivity index (χ0v) is 14.2. The molecule has 0 saturated carbocycles. The number of hydrogen-bond acceptors (Lipinski definition) is 6. The van der Waals surface area contributed by atoms with Crippen molar-refractivity contribution in [3.05, 3.63) is 18.2 Å². The summed E-state index contributed by atoms with van der Waals surface area (Å²) in [6, 6.07) is 5.36. The molecule has 0 N–H and O–H groups in total. The van der Waals surface area contributed by atoms with Crippen LogP contribution in [0.15, 0.2) is 18.2 Å². The maximum absolute atomic E-state index is 12.3.